The van der Waals surface area contributed by atoms with Crippen LogP contribution in [-0.4, -0.2) is 38.3 Å². The minimum Gasteiger partial charge on any atom is -0.298 e. The summed E-state index contributed by atoms with van der Waals surface area (Å²) in [5.74, 6) is 0. The number of likely N-dealkylation sites (N-methyl/N-ethyl adjacent to an activating group) is 1. The van der Waals surface area contributed by atoms with E-state index < -0.39 is 0 Å². The van der Waals surface area contributed by atoms with Gasteiger partial charge in [0.05, 0.1) is 0 Å². The number of aliphatic imine (C=N–C) groups is 1. The van der Waals surface area contributed by atoms with Crippen molar-refractivity contribution in [1.29, 1.82) is 0 Å². The van der Waals surface area contributed by atoms with Gasteiger partial charge in [-0.05, 0) is 25.1 Å². The normalized spacial score (nSPS) is 20.6. The van der Waals surface area contributed by atoms with E-state index in [4.69, 9.17) is 0 Å². The van der Waals surface area contributed by atoms with Crippen LogP contribution in [0.25, 0.3) is 0 Å². The first-order valence-electron chi connectivity index (χ1n) is 4.23. The summed E-state index contributed by atoms with van der Waals surface area (Å²) >= 11 is 0. The summed E-state index contributed by atoms with van der Waals surface area (Å²) in [7, 11) is 3.94. The molecule has 2 heteroatoms. The average molecular weight is 164 g/mol. The third kappa shape index (κ3) is 2.05. The molecule has 0 aromatic carbocycles. The van der Waals surface area contributed by atoms with E-state index in [2.05, 4.69) is 29.1 Å². The Kier molecular flexibility index (Phi) is 3.23. The number of rotatable bonds is 2. The molecule has 0 aromatic heterocycles. The van der Waals surface area contributed by atoms with Crippen molar-refractivity contribution >= 4 is 6.21 Å². The van der Waals surface area contributed by atoms with Crippen LogP contribution in [0.4, 0.5) is 0 Å². The van der Waals surface area contributed by atoms with Gasteiger partial charge in [-0.25, -0.2) is 0 Å². The van der Waals surface area contributed by atoms with Gasteiger partial charge in [0.2, 0.25) is 0 Å². The first-order valence-corrected chi connectivity index (χ1v) is 4.23. The molecule has 0 amide bonds. The van der Waals surface area contributed by atoms with E-state index in [0.717, 1.165) is 13.1 Å². The van der Waals surface area contributed by atoms with Gasteiger partial charge in [0.15, 0.2) is 0 Å². The van der Waals surface area contributed by atoms with Crippen molar-refractivity contribution in [2.75, 3.05) is 27.2 Å². The van der Waals surface area contributed by atoms with Crippen molar-refractivity contribution in [3.8, 4) is 0 Å². The molecule has 1 heterocycles. The zero-order chi connectivity index (χ0) is 8.97. The van der Waals surface area contributed by atoms with Gasteiger partial charge in [0.1, 0.15) is 0 Å². The van der Waals surface area contributed by atoms with E-state index in [1.54, 1.807) is 0 Å². The average Bonchev–Trinajstić information content (AvgIpc) is 2.33. The molecule has 0 bridgehead atoms. The fraction of sp³-hybridized carbons (Fsp3) is 0.500. The van der Waals surface area contributed by atoms with Crippen LogP contribution in [0.2, 0.25) is 0 Å². The Labute approximate surface area is 74.3 Å². The zero-order valence-corrected chi connectivity index (χ0v) is 8.04. The fourth-order valence-corrected chi connectivity index (χ4v) is 1.48. The lowest BCUT2D eigenvalue weighted by Gasteiger charge is -2.04. The van der Waals surface area contributed by atoms with Crippen molar-refractivity contribution in [2.24, 2.45) is 4.99 Å². The highest BCUT2D eigenvalue weighted by Gasteiger charge is 2.14. The minimum absolute atomic E-state index is 1.02. The lowest BCUT2D eigenvalue weighted by Crippen LogP contribution is -2.14. The molecule has 0 aliphatic carbocycles. The molecule has 0 saturated carbocycles. The molecule has 0 spiro atoms. The first kappa shape index (κ1) is 9.20. The molecule has 0 unspecified atom stereocenters. The Hall–Kier alpha value is -0.890. The zero-order valence-electron chi connectivity index (χ0n) is 8.04. The molecular weight excluding hydrogens is 148 g/mol. The minimum atomic E-state index is 1.02. The van der Waals surface area contributed by atoms with Crippen molar-refractivity contribution in [3.63, 3.8) is 0 Å². The summed E-state index contributed by atoms with van der Waals surface area (Å²) in [6.07, 6.45) is 6.21. The molecule has 2 nitrogen and oxygen atoms in total. The number of nitrogens with zero attached hydrogens (tertiary/aromatic N) is 2. The van der Waals surface area contributed by atoms with E-state index in [1.165, 1.54) is 11.1 Å². The van der Waals surface area contributed by atoms with Crippen LogP contribution in [0.15, 0.2) is 28.3 Å². The van der Waals surface area contributed by atoms with Gasteiger partial charge in [-0.15, -0.1) is 0 Å². The third-order valence-electron chi connectivity index (χ3n) is 1.95. The van der Waals surface area contributed by atoms with E-state index in [9.17, 15) is 0 Å². The highest BCUT2D eigenvalue weighted by Crippen LogP contribution is 2.15. The second-order valence-corrected chi connectivity index (χ2v) is 3.11. The van der Waals surface area contributed by atoms with E-state index in [1.807, 2.05) is 20.2 Å². The Morgan fingerprint density at radius 3 is 2.58 bits per heavy atom. The molecule has 0 N–H and O–H groups in total. The third-order valence-corrected chi connectivity index (χ3v) is 1.95. The Morgan fingerprint density at radius 2 is 2.00 bits per heavy atom. The van der Waals surface area contributed by atoms with E-state index in [-0.39, 0.29) is 0 Å². The van der Waals surface area contributed by atoms with E-state index in [0.29, 0.717) is 0 Å². The topological polar surface area (TPSA) is 15.6 Å². The fourth-order valence-electron chi connectivity index (χ4n) is 1.48. The van der Waals surface area contributed by atoms with Crippen molar-refractivity contribution in [1.82, 2.24) is 4.90 Å². The van der Waals surface area contributed by atoms with Crippen molar-refractivity contribution < 1.29 is 0 Å². The van der Waals surface area contributed by atoms with Gasteiger partial charge < -0.3 is 0 Å². The van der Waals surface area contributed by atoms with Crippen LogP contribution in [0.5, 0.6) is 0 Å². The maximum atomic E-state index is 4.04. The molecule has 0 radical (unpaired) electrons. The molecule has 1 rings (SSSR count). The van der Waals surface area contributed by atoms with Crippen LogP contribution in [0, 0.1) is 0 Å². The highest BCUT2D eigenvalue weighted by molar-refractivity contribution is 5.82. The molecule has 1 aliphatic rings. The number of allylic oxidation sites excluding steroid dienone is 1. The maximum Gasteiger partial charge on any atom is 0.0277 e. The van der Waals surface area contributed by atoms with Crippen LogP contribution in [-0.2, 0) is 0 Å². The first-order chi connectivity index (χ1) is 5.77. The molecular formula is C10H16N2. The second kappa shape index (κ2) is 4.21. The lowest BCUT2D eigenvalue weighted by molar-refractivity contribution is 0.429. The van der Waals surface area contributed by atoms with Gasteiger partial charge in [-0.2, -0.15) is 0 Å². The van der Waals surface area contributed by atoms with Gasteiger partial charge in [-0.1, -0.05) is 12.2 Å². The van der Waals surface area contributed by atoms with Gasteiger partial charge >= 0.3 is 0 Å². The van der Waals surface area contributed by atoms with Crippen LogP contribution in [0.3, 0.4) is 0 Å². The van der Waals surface area contributed by atoms with Crippen LogP contribution < -0.4 is 0 Å². The van der Waals surface area contributed by atoms with Crippen molar-refractivity contribution in [2.45, 2.75) is 6.92 Å². The quantitative estimate of drug-likeness (QED) is 0.565. The molecule has 0 fully saturated rings. The Bertz CT molecular complexity index is 212. The number of hydrogen-bond acceptors (Lipinski definition) is 2. The van der Waals surface area contributed by atoms with Gasteiger partial charge in [0, 0.05) is 26.4 Å². The highest BCUT2D eigenvalue weighted by atomic mass is 15.1. The lowest BCUT2D eigenvalue weighted by atomic mass is 10.1. The smallest absolute Gasteiger partial charge is 0.0277 e. The van der Waals surface area contributed by atoms with Crippen LogP contribution >= 0.6 is 0 Å². The monoisotopic (exact) mass is 164 g/mol. The van der Waals surface area contributed by atoms with Crippen molar-refractivity contribution in [3.05, 3.63) is 23.3 Å². The maximum absolute atomic E-state index is 4.04. The molecule has 0 saturated heterocycles. The summed E-state index contributed by atoms with van der Waals surface area (Å²) in [5, 5.41) is 0. The summed E-state index contributed by atoms with van der Waals surface area (Å²) in [4.78, 5) is 6.33. The summed E-state index contributed by atoms with van der Waals surface area (Å²) in [6.45, 7) is 4.12. The molecule has 12 heavy (non-hydrogen) atoms. The molecule has 1 aliphatic heterocycles. The Morgan fingerprint density at radius 1 is 1.33 bits per heavy atom. The number of hydrogen-bond donors (Lipinski definition) is 0. The summed E-state index contributed by atoms with van der Waals surface area (Å²) < 4.78 is 0. The predicted octanol–water partition coefficient (Wildman–Crippen LogP) is 1.51. The Balaban J connectivity index is 2.80. The molecule has 0 aromatic rings. The molecule has 0 atom stereocenters. The summed E-state index contributed by atoms with van der Waals surface area (Å²) in [6, 6.07) is 0. The van der Waals surface area contributed by atoms with Crippen LogP contribution in [0.1, 0.15) is 6.92 Å². The largest absolute Gasteiger partial charge is 0.298 e. The predicted molar refractivity (Wildman–Crippen MR) is 53.8 cm³/mol. The second-order valence-electron chi connectivity index (χ2n) is 3.11. The molecule has 66 valence electrons. The SMILES string of the molecule is C/C=C\C1=C(/C=N\C)CN(C)C1. The van der Waals surface area contributed by atoms with Gasteiger partial charge in [-0.3, -0.25) is 9.89 Å². The summed E-state index contributed by atoms with van der Waals surface area (Å²) in [5.41, 5.74) is 2.74. The standard InChI is InChI=1S/C10H16N2/c1-4-5-9-7-12(3)8-10(9)6-11-2/h4-6H,7-8H2,1-3H3/b5-4-,11-6-. The van der Waals surface area contributed by atoms with Gasteiger partial charge in [0.25, 0.3) is 0 Å². The van der Waals surface area contributed by atoms with E-state index >= 15 is 0 Å².